The van der Waals surface area contributed by atoms with Crippen LogP contribution in [0.5, 0.6) is 5.75 Å². The molecule has 9 nitrogen and oxygen atoms in total. The first kappa shape index (κ1) is 23.0. The molecule has 31 heavy (non-hydrogen) atoms. The highest BCUT2D eigenvalue weighted by molar-refractivity contribution is 7.89. The van der Waals surface area contributed by atoms with Gasteiger partial charge in [0.25, 0.3) is 0 Å². The number of rotatable bonds is 8. The van der Waals surface area contributed by atoms with E-state index in [1.54, 1.807) is 30.5 Å². The highest BCUT2D eigenvalue weighted by Gasteiger charge is 2.30. The van der Waals surface area contributed by atoms with Crippen LogP contribution >= 0.6 is 0 Å². The van der Waals surface area contributed by atoms with Crippen molar-refractivity contribution < 1.29 is 22.7 Å². The van der Waals surface area contributed by atoms with E-state index in [0.717, 1.165) is 5.69 Å². The number of sulfonamides is 1. The highest BCUT2D eigenvalue weighted by Crippen LogP contribution is 2.18. The van der Waals surface area contributed by atoms with E-state index in [9.17, 15) is 13.2 Å². The fourth-order valence-corrected chi connectivity index (χ4v) is 4.75. The first-order chi connectivity index (χ1) is 14.8. The maximum absolute atomic E-state index is 12.5. The monoisotopic (exact) mass is 448 g/mol. The van der Waals surface area contributed by atoms with E-state index >= 15 is 0 Å². The Morgan fingerprint density at radius 2 is 1.97 bits per heavy atom. The molecule has 2 amide bonds. The van der Waals surface area contributed by atoms with Crippen LogP contribution < -0.4 is 15.4 Å². The molecule has 0 radical (unpaired) electrons. The van der Waals surface area contributed by atoms with Crippen LogP contribution in [-0.4, -0.2) is 61.3 Å². The van der Waals surface area contributed by atoms with Crippen LogP contribution in [0.4, 0.5) is 10.5 Å². The van der Waals surface area contributed by atoms with Crippen molar-refractivity contribution in [3.63, 3.8) is 0 Å². The van der Waals surface area contributed by atoms with Gasteiger partial charge in [-0.1, -0.05) is 12.1 Å². The second-order valence-electron chi connectivity index (χ2n) is 7.41. The number of nitrogens with one attached hydrogen (secondary N) is 2. The Bertz CT molecular complexity index is 961. The number of urea groups is 1. The predicted octanol–water partition coefficient (Wildman–Crippen LogP) is 2.22. The Labute approximate surface area is 182 Å². The molecular formula is C21H28N4O5S. The third-order valence-corrected chi connectivity index (χ3v) is 6.43. The lowest BCUT2D eigenvalue weighted by atomic mass is 10.3. The number of carbonyl (C=O) groups is 1. The number of benzene rings is 1. The van der Waals surface area contributed by atoms with Crippen molar-refractivity contribution in [2.75, 3.05) is 30.7 Å². The van der Waals surface area contributed by atoms with E-state index in [1.807, 2.05) is 32.0 Å². The summed E-state index contributed by atoms with van der Waals surface area (Å²) in [5.74, 6) is 0.411. The minimum atomic E-state index is -3.47. The third-order valence-electron chi connectivity index (χ3n) is 4.63. The van der Waals surface area contributed by atoms with Gasteiger partial charge in [-0.2, -0.15) is 4.31 Å². The Morgan fingerprint density at radius 1 is 1.19 bits per heavy atom. The standard InChI is InChI=1S/C21H28N4O5S/c1-16-13-25(14-17(2)30-16)31(27,28)11-10-23-21(26)24-18-7-5-8-20(12-18)29-15-19-6-3-4-9-22-19/h3-9,12,16-17H,10-11,13-15H2,1-2H3,(H2,23,24,26)/t16-,17-/m0/s1. The summed E-state index contributed by atoms with van der Waals surface area (Å²) in [6.07, 6.45) is 1.39. The molecule has 10 heteroatoms. The first-order valence-corrected chi connectivity index (χ1v) is 11.7. The van der Waals surface area contributed by atoms with Crippen LogP contribution in [0.25, 0.3) is 0 Å². The molecule has 0 spiro atoms. The Kier molecular flexibility index (Phi) is 7.83. The lowest BCUT2D eigenvalue weighted by Crippen LogP contribution is -2.49. The number of carbonyl (C=O) groups excluding carboxylic acids is 1. The quantitative estimate of drug-likeness (QED) is 0.641. The van der Waals surface area contributed by atoms with Crippen molar-refractivity contribution in [2.24, 2.45) is 0 Å². The lowest BCUT2D eigenvalue weighted by Gasteiger charge is -2.34. The van der Waals surface area contributed by atoms with Crippen molar-refractivity contribution in [3.05, 3.63) is 54.4 Å². The predicted molar refractivity (Wildman–Crippen MR) is 117 cm³/mol. The molecule has 0 saturated carbocycles. The molecule has 168 valence electrons. The average molecular weight is 449 g/mol. The second-order valence-corrected chi connectivity index (χ2v) is 9.50. The molecule has 0 bridgehead atoms. The minimum Gasteiger partial charge on any atom is -0.487 e. The SMILES string of the molecule is C[C@H]1CN(S(=O)(=O)CCNC(=O)Nc2cccc(OCc3ccccn3)c2)C[C@H](C)O1. The van der Waals surface area contributed by atoms with Gasteiger partial charge < -0.3 is 20.1 Å². The van der Waals surface area contributed by atoms with Crippen molar-refractivity contribution in [1.82, 2.24) is 14.6 Å². The average Bonchev–Trinajstić information content (AvgIpc) is 2.72. The zero-order valence-electron chi connectivity index (χ0n) is 17.7. The maximum Gasteiger partial charge on any atom is 0.319 e. The van der Waals surface area contributed by atoms with Gasteiger partial charge in [-0.05, 0) is 38.1 Å². The molecule has 1 aromatic carbocycles. The van der Waals surface area contributed by atoms with E-state index < -0.39 is 16.1 Å². The van der Waals surface area contributed by atoms with Gasteiger partial charge in [0.1, 0.15) is 12.4 Å². The highest BCUT2D eigenvalue weighted by atomic mass is 32.2. The van der Waals surface area contributed by atoms with Gasteiger partial charge in [0.05, 0.1) is 23.7 Å². The number of pyridine rings is 1. The molecule has 0 unspecified atom stereocenters. The van der Waals surface area contributed by atoms with Crippen LogP contribution in [0.15, 0.2) is 48.7 Å². The molecule has 0 aliphatic carbocycles. The van der Waals surface area contributed by atoms with Crippen LogP contribution in [0.2, 0.25) is 0 Å². The molecule has 1 aromatic heterocycles. The molecule has 2 N–H and O–H groups in total. The summed E-state index contributed by atoms with van der Waals surface area (Å²) in [5.41, 5.74) is 1.33. The molecule has 2 atom stereocenters. The van der Waals surface area contributed by atoms with Crippen molar-refractivity contribution in [2.45, 2.75) is 32.7 Å². The summed E-state index contributed by atoms with van der Waals surface area (Å²) >= 11 is 0. The van der Waals surface area contributed by atoms with Gasteiger partial charge in [0.2, 0.25) is 10.0 Å². The van der Waals surface area contributed by atoms with Gasteiger partial charge >= 0.3 is 6.03 Å². The topological polar surface area (TPSA) is 110 Å². The Hall–Kier alpha value is -2.69. The van der Waals surface area contributed by atoms with Crippen molar-refractivity contribution >= 4 is 21.7 Å². The summed E-state index contributed by atoms with van der Waals surface area (Å²) in [4.78, 5) is 16.4. The van der Waals surface area contributed by atoms with Gasteiger partial charge in [-0.25, -0.2) is 13.2 Å². The molecule has 1 aliphatic heterocycles. The number of morpholine rings is 1. The van der Waals surface area contributed by atoms with Crippen LogP contribution in [-0.2, 0) is 21.4 Å². The summed E-state index contributed by atoms with van der Waals surface area (Å²) in [6.45, 7) is 4.65. The van der Waals surface area contributed by atoms with Crippen LogP contribution in [0.1, 0.15) is 19.5 Å². The molecule has 2 aromatic rings. The van der Waals surface area contributed by atoms with Gasteiger partial charge in [-0.15, -0.1) is 0 Å². The molecule has 1 fully saturated rings. The fourth-order valence-electron chi connectivity index (χ4n) is 3.26. The number of nitrogens with zero attached hydrogens (tertiary/aromatic N) is 2. The normalized spacial score (nSPS) is 19.5. The zero-order valence-corrected chi connectivity index (χ0v) is 18.5. The summed E-state index contributed by atoms with van der Waals surface area (Å²) in [5, 5.41) is 5.27. The number of anilines is 1. The zero-order chi connectivity index (χ0) is 22.3. The van der Waals surface area contributed by atoms with E-state index in [0.29, 0.717) is 31.1 Å². The van der Waals surface area contributed by atoms with Gasteiger partial charge in [-0.3, -0.25) is 4.98 Å². The first-order valence-electron chi connectivity index (χ1n) is 10.1. The lowest BCUT2D eigenvalue weighted by molar-refractivity contribution is -0.0440. The molecule has 2 heterocycles. The second kappa shape index (κ2) is 10.6. The smallest absolute Gasteiger partial charge is 0.319 e. The number of hydrogen-bond acceptors (Lipinski definition) is 6. The molecular weight excluding hydrogens is 420 g/mol. The van der Waals surface area contributed by atoms with E-state index in [1.165, 1.54) is 4.31 Å². The molecule has 3 rings (SSSR count). The Morgan fingerprint density at radius 3 is 2.68 bits per heavy atom. The number of ether oxygens (including phenoxy) is 2. The Balaban J connectivity index is 1.45. The largest absolute Gasteiger partial charge is 0.487 e. The van der Waals surface area contributed by atoms with Crippen molar-refractivity contribution in [1.29, 1.82) is 0 Å². The van der Waals surface area contributed by atoms with Crippen LogP contribution in [0.3, 0.4) is 0 Å². The summed E-state index contributed by atoms with van der Waals surface area (Å²) in [6, 6.07) is 12.0. The number of aromatic nitrogens is 1. The van der Waals surface area contributed by atoms with E-state index in [2.05, 4.69) is 15.6 Å². The molecule has 1 aliphatic rings. The number of amides is 2. The van der Waals surface area contributed by atoms with E-state index in [-0.39, 0.29) is 24.5 Å². The van der Waals surface area contributed by atoms with Gasteiger partial charge in [0.15, 0.2) is 0 Å². The third kappa shape index (κ3) is 7.20. The summed E-state index contributed by atoms with van der Waals surface area (Å²) in [7, 11) is -3.47. The van der Waals surface area contributed by atoms with Gasteiger partial charge in [0, 0.05) is 37.6 Å². The maximum atomic E-state index is 12.5. The van der Waals surface area contributed by atoms with E-state index in [4.69, 9.17) is 9.47 Å². The summed E-state index contributed by atoms with van der Waals surface area (Å²) < 4.78 is 37.7. The van der Waals surface area contributed by atoms with Crippen LogP contribution in [0, 0.1) is 0 Å². The fraction of sp³-hybridized carbons (Fsp3) is 0.429. The van der Waals surface area contributed by atoms with Crippen molar-refractivity contribution in [3.8, 4) is 5.75 Å². The minimum absolute atomic E-state index is 0.00412. The number of hydrogen-bond donors (Lipinski definition) is 2. The molecule has 1 saturated heterocycles.